The molecule has 156 valence electrons. The Morgan fingerprint density at radius 3 is 2.28 bits per heavy atom. The van der Waals surface area contributed by atoms with Crippen molar-refractivity contribution in [1.29, 1.82) is 5.26 Å². The van der Waals surface area contributed by atoms with Gasteiger partial charge in [-0.3, -0.25) is 0 Å². The van der Waals surface area contributed by atoms with Crippen LogP contribution in [0.4, 0.5) is 5.88 Å². The Hall–Kier alpha value is -2.31. The molecule has 2 aliphatic rings. The van der Waals surface area contributed by atoms with Crippen molar-refractivity contribution in [1.82, 2.24) is 9.29 Å². The van der Waals surface area contributed by atoms with Gasteiger partial charge in [0.2, 0.25) is 21.6 Å². The van der Waals surface area contributed by atoms with Crippen molar-refractivity contribution in [2.75, 3.05) is 31.1 Å². The molecule has 4 rings (SSSR count). The number of aryl methyl sites for hydroxylation is 1. The SMILES string of the molecule is Cc1oc(-c2nc(C#N)c(N3CCCCC3)o2)cc1S(=O)(=O)N1CCCCCC1. The Morgan fingerprint density at radius 2 is 1.62 bits per heavy atom. The molecule has 0 aromatic carbocycles. The maximum absolute atomic E-state index is 13.1. The van der Waals surface area contributed by atoms with Crippen LogP contribution in [0.1, 0.15) is 56.4 Å². The molecule has 4 heterocycles. The van der Waals surface area contributed by atoms with Gasteiger partial charge in [0.25, 0.3) is 5.89 Å². The van der Waals surface area contributed by atoms with E-state index in [0.717, 1.165) is 58.0 Å². The third kappa shape index (κ3) is 3.91. The molecule has 0 radical (unpaired) electrons. The quantitative estimate of drug-likeness (QED) is 0.746. The topological polar surface area (TPSA) is 104 Å². The summed E-state index contributed by atoms with van der Waals surface area (Å²) in [5, 5.41) is 9.46. The summed E-state index contributed by atoms with van der Waals surface area (Å²) in [6.07, 6.45) is 7.08. The fraction of sp³-hybridized carbons (Fsp3) is 0.600. The van der Waals surface area contributed by atoms with Gasteiger partial charge >= 0.3 is 0 Å². The van der Waals surface area contributed by atoms with Crippen LogP contribution in [-0.2, 0) is 10.0 Å². The summed E-state index contributed by atoms with van der Waals surface area (Å²) in [7, 11) is -3.64. The normalized spacial score (nSPS) is 19.1. The van der Waals surface area contributed by atoms with Gasteiger partial charge in [0.05, 0.1) is 0 Å². The average Bonchev–Trinajstić information content (AvgIpc) is 3.22. The Balaban J connectivity index is 1.66. The fourth-order valence-electron chi connectivity index (χ4n) is 4.05. The van der Waals surface area contributed by atoms with Gasteiger partial charge < -0.3 is 13.7 Å². The highest BCUT2D eigenvalue weighted by Gasteiger charge is 2.31. The summed E-state index contributed by atoms with van der Waals surface area (Å²) in [5.74, 6) is 1.12. The van der Waals surface area contributed by atoms with Crippen molar-refractivity contribution in [3.05, 3.63) is 17.5 Å². The third-order valence-corrected chi connectivity index (χ3v) is 7.63. The highest BCUT2D eigenvalue weighted by atomic mass is 32.2. The van der Waals surface area contributed by atoms with E-state index >= 15 is 0 Å². The van der Waals surface area contributed by atoms with E-state index in [0.29, 0.717) is 24.7 Å². The maximum atomic E-state index is 13.1. The highest BCUT2D eigenvalue weighted by molar-refractivity contribution is 7.89. The van der Waals surface area contributed by atoms with Crippen molar-refractivity contribution >= 4 is 15.9 Å². The fourth-order valence-corrected chi connectivity index (χ4v) is 5.73. The minimum absolute atomic E-state index is 0.141. The Bertz CT molecular complexity index is 1000. The molecule has 0 amide bonds. The number of nitriles is 1. The Labute approximate surface area is 171 Å². The van der Waals surface area contributed by atoms with E-state index in [4.69, 9.17) is 8.83 Å². The van der Waals surface area contributed by atoms with Gasteiger partial charge in [-0.15, -0.1) is 0 Å². The molecular formula is C20H26N4O4S. The molecule has 2 aromatic rings. The summed E-state index contributed by atoms with van der Waals surface area (Å²) in [4.78, 5) is 6.43. The lowest BCUT2D eigenvalue weighted by molar-refractivity contribution is 0.421. The first kappa shape index (κ1) is 20.0. The molecule has 0 N–H and O–H groups in total. The lowest BCUT2D eigenvalue weighted by Gasteiger charge is -2.25. The number of nitrogens with zero attached hydrogens (tertiary/aromatic N) is 4. The zero-order valence-electron chi connectivity index (χ0n) is 16.7. The van der Waals surface area contributed by atoms with Crippen LogP contribution >= 0.6 is 0 Å². The minimum Gasteiger partial charge on any atom is -0.455 e. The molecular weight excluding hydrogens is 392 g/mol. The first-order valence-electron chi connectivity index (χ1n) is 10.3. The number of oxazole rings is 1. The van der Waals surface area contributed by atoms with Crippen molar-refractivity contribution < 1.29 is 17.3 Å². The molecule has 2 aromatic heterocycles. The zero-order valence-corrected chi connectivity index (χ0v) is 17.5. The van der Waals surface area contributed by atoms with Crippen LogP contribution in [-0.4, -0.2) is 43.9 Å². The number of hydrogen-bond acceptors (Lipinski definition) is 7. The summed E-state index contributed by atoms with van der Waals surface area (Å²) >= 11 is 0. The van der Waals surface area contributed by atoms with Crippen LogP contribution in [0.3, 0.4) is 0 Å². The number of furan rings is 1. The lowest BCUT2D eigenvalue weighted by Crippen LogP contribution is -2.32. The van der Waals surface area contributed by atoms with Gasteiger partial charge in [-0.05, 0) is 39.0 Å². The predicted molar refractivity (Wildman–Crippen MR) is 107 cm³/mol. The number of anilines is 1. The number of hydrogen-bond donors (Lipinski definition) is 0. The monoisotopic (exact) mass is 418 g/mol. The summed E-state index contributed by atoms with van der Waals surface area (Å²) in [6.45, 7) is 4.32. The van der Waals surface area contributed by atoms with Crippen molar-refractivity contribution in [2.24, 2.45) is 0 Å². The maximum Gasteiger partial charge on any atom is 0.266 e. The van der Waals surface area contributed by atoms with Gasteiger partial charge in [0, 0.05) is 32.2 Å². The predicted octanol–water partition coefficient (Wildman–Crippen LogP) is 3.67. The number of sulfonamides is 1. The van der Waals surface area contributed by atoms with Gasteiger partial charge in [0.1, 0.15) is 16.7 Å². The smallest absolute Gasteiger partial charge is 0.266 e. The van der Waals surface area contributed by atoms with Crippen molar-refractivity contribution in [3.63, 3.8) is 0 Å². The third-order valence-electron chi connectivity index (χ3n) is 5.62. The van der Waals surface area contributed by atoms with Crippen LogP contribution < -0.4 is 4.90 Å². The molecule has 0 atom stereocenters. The second kappa shape index (κ2) is 8.20. The molecule has 2 saturated heterocycles. The molecule has 2 fully saturated rings. The summed E-state index contributed by atoms with van der Waals surface area (Å²) in [6, 6.07) is 3.55. The molecule has 2 aliphatic heterocycles. The molecule has 0 bridgehead atoms. The summed E-state index contributed by atoms with van der Waals surface area (Å²) < 4.78 is 39.4. The van der Waals surface area contributed by atoms with Crippen LogP contribution in [0.15, 0.2) is 19.8 Å². The van der Waals surface area contributed by atoms with Gasteiger partial charge in [-0.1, -0.05) is 12.8 Å². The molecule has 29 heavy (non-hydrogen) atoms. The van der Waals surface area contributed by atoms with Crippen LogP contribution in [0.5, 0.6) is 0 Å². The average molecular weight is 419 g/mol. The minimum atomic E-state index is -3.64. The highest BCUT2D eigenvalue weighted by Crippen LogP contribution is 2.34. The van der Waals surface area contributed by atoms with E-state index in [9.17, 15) is 13.7 Å². The van der Waals surface area contributed by atoms with Crippen LogP contribution in [0.2, 0.25) is 0 Å². The first-order chi connectivity index (χ1) is 14.0. The van der Waals surface area contributed by atoms with Crippen molar-refractivity contribution in [3.8, 4) is 17.7 Å². The lowest BCUT2D eigenvalue weighted by atomic mass is 10.1. The van der Waals surface area contributed by atoms with Gasteiger partial charge in [0.15, 0.2) is 5.76 Å². The largest absolute Gasteiger partial charge is 0.455 e. The number of aromatic nitrogens is 1. The van der Waals surface area contributed by atoms with Crippen molar-refractivity contribution in [2.45, 2.75) is 56.8 Å². The zero-order chi connectivity index (χ0) is 20.4. The first-order valence-corrected chi connectivity index (χ1v) is 11.7. The number of piperidine rings is 1. The Morgan fingerprint density at radius 1 is 1.00 bits per heavy atom. The molecule has 0 saturated carbocycles. The van der Waals surface area contributed by atoms with Gasteiger partial charge in [-0.2, -0.15) is 14.6 Å². The molecule has 9 heteroatoms. The second-order valence-corrected chi connectivity index (χ2v) is 9.59. The van der Waals surface area contributed by atoms with E-state index in [2.05, 4.69) is 11.1 Å². The van der Waals surface area contributed by atoms with E-state index < -0.39 is 10.0 Å². The molecule has 0 aliphatic carbocycles. The second-order valence-electron chi connectivity index (χ2n) is 7.68. The van der Waals surface area contributed by atoms with E-state index in [1.54, 1.807) is 6.92 Å². The number of rotatable bonds is 4. The van der Waals surface area contributed by atoms with Crippen LogP contribution in [0.25, 0.3) is 11.7 Å². The van der Waals surface area contributed by atoms with E-state index in [-0.39, 0.29) is 22.2 Å². The molecule has 0 spiro atoms. The van der Waals surface area contributed by atoms with Crippen LogP contribution in [0, 0.1) is 18.3 Å². The van der Waals surface area contributed by atoms with Gasteiger partial charge in [-0.25, -0.2) is 8.42 Å². The molecule has 0 unspecified atom stereocenters. The van der Waals surface area contributed by atoms with E-state index in [1.165, 1.54) is 10.4 Å². The molecule has 8 nitrogen and oxygen atoms in total. The Kier molecular flexibility index (Phi) is 5.65. The summed E-state index contributed by atoms with van der Waals surface area (Å²) in [5.41, 5.74) is 0.202. The van der Waals surface area contributed by atoms with E-state index in [1.807, 2.05) is 4.90 Å². The standard InChI is InChI=1S/C20H26N4O4S/c1-15-18(29(25,26)24-11-7-2-3-8-12-24)13-17(27-15)19-22-16(14-21)20(28-19)23-9-5-4-6-10-23/h13H,2-12H2,1H3.